The quantitative estimate of drug-likeness (QED) is 0.374. The molecule has 0 bridgehead atoms. The number of benzene rings is 1. The number of thioether (sulfide) groups is 1. The summed E-state index contributed by atoms with van der Waals surface area (Å²) in [6, 6.07) is 7.73. The van der Waals surface area contributed by atoms with E-state index in [0.29, 0.717) is 41.3 Å². The van der Waals surface area contributed by atoms with Crippen molar-refractivity contribution in [3.05, 3.63) is 34.6 Å². The Balaban J connectivity index is 1.51. The topological polar surface area (TPSA) is 116 Å². The molecule has 3 heterocycles. The summed E-state index contributed by atoms with van der Waals surface area (Å²) in [6.07, 6.45) is 2.88. The second-order valence-corrected chi connectivity index (χ2v) is 9.42. The molecule has 164 valence electrons. The predicted octanol–water partition coefficient (Wildman–Crippen LogP) is 2.26. The molecule has 4 rings (SSSR count). The van der Waals surface area contributed by atoms with Gasteiger partial charge in [-0.25, -0.2) is 4.98 Å². The average Bonchev–Trinajstić information content (AvgIpc) is 3.40. The Bertz CT molecular complexity index is 1170. The first kappa shape index (κ1) is 21.8. The van der Waals surface area contributed by atoms with E-state index in [1.54, 1.807) is 4.57 Å². The van der Waals surface area contributed by atoms with Crippen LogP contribution in [0.25, 0.3) is 20.3 Å². The van der Waals surface area contributed by atoms with Crippen molar-refractivity contribution >= 4 is 55.2 Å². The molecular weight excluding hydrogens is 436 g/mol. The molecule has 31 heavy (non-hydrogen) atoms. The van der Waals surface area contributed by atoms with E-state index in [1.807, 2.05) is 24.3 Å². The minimum absolute atomic E-state index is 0.0297. The summed E-state index contributed by atoms with van der Waals surface area (Å²) in [5.74, 6) is -0.512. The Morgan fingerprint density at radius 1 is 1.35 bits per heavy atom. The lowest BCUT2D eigenvalue weighted by Crippen LogP contribution is -2.32. The van der Waals surface area contributed by atoms with Crippen LogP contribution in [0.5, 0.6) is 0 Å². The van der Waals surface area contributed by atoms with E-state index in [-0.39, 0.29) is 23.3 Å². The lowest BCUT2D eigenvalue weighted by Gasteiger charge is -2.13. The van der Waals surface area contributed by atoms with Crippen LogP contribution in [-0.2, 0) is 20.9 Å². The zero-order valence-corrected chi connectivity index (χ0v) is 18.6. The number of nitrogens with two attached hydrogens (primary N) is 1. The second-order valence-electron chi connectivity index (χ2n) is 7.42. The molecule has 1 fully saturated rings. The van der Waals surface area contributed by atoms with Gasteiger partial charge in [0.1, 0.15) is 4.70 Å². The van der Waals surface area contributed by atoms with Crippen molar-refractivity contribution in [3.8, 4) is 0 Å². The van der Waals surface area contributed by atoms with Crippen LogP contribution in [0, 0.1) is 0 Å². The number of rotatable bonds is 9. The average molecular weight is 461 g/mol. The van der Waals surface area contributed by atoms with Crippen LogP contribution in [-0.4, -0.2) is 46.4 Å². The molecular formula is C21H24N4O4S2. The van der Waals surface area contributed by atoms with Gasteiger partial charge in [0.2, 0.25) is 11.8 Å². The van der Waals surface area contributed by atoms with Gasteiger partial charge in [-0.1, -0.05) is 30.0 Å². The van der Waals surface area contributed by atoms with Gasteiger partial charge in [0.15, 0.2) is 5.16 Å². The van der Waals surface area contributed by atoms with Gasteiger partial charge in [0.25, 0.3) is 5.56 Å². The van der Waals surface area contributed by atoms with Crippen LogP contribution in [0.1, 0.15) is 25.7 Å². The van der Waals surface area contributed by atoms with Gasteiger partial charge in [-0.3, -0.25) is 19.0 Å². The highest BCUT2D eigenvalue weighted by Gasteiger charge is 2.18. The molecule has 0 aliphatic carbocycles. The van der Waals surface area contributed by atoms with Crippen LogP contribution in [0.15, 0.2) is 34.2 Å². The third kappa shape index (κ3) is 5.08. The maximum atomic E-state index is 13.2. The SMILES string of the molecule is NC(=O)CSc1nc2c(sc3ccccc32)c(=O)n1CCCC(=O)NC[C@H]1CCCO1. The lowest BCUT2D eigenvalue weighted by atomic mass is 10.2. The zero-order valence-electron chi connectivity index (χ0n) is 17.0. The summed E-state index contributed by atoms with van der Waals surface area (Å²) in [5, 5.41) is 4.26. The molecule has 1 aromatic carbocycles. The van der Waals surface area contributed by atoms with Gasteiger partial charge < -0.3 is 15.8 Å². The van der Waals surface area contributed by atoms with Gasteiger partial charge in [-0.2, -0.15) is 0 Å². The minimum atomic E-state index is -0.477. The fraction of sp³-hybridized carbons (Fsp3) is 0.429. The Hall–Kier alpha value is -2.43. The number of nitrogens with zero attached hydrogens (tertiary/aromatic N) is 2. The number of ether oxygens (including phenoxy) is 1. The van der Waals surface area contributed by atoms with E-state index in [4.69, 9.17) is 15.5 Å². The summed E-state index contributed by atoms with van der Waals surface area (Å²) < 4.78 is 8.63. The smallest absolute Gasteiger partial charge is 0.272 e. The third-order valence-electron chi connectivity index (χ3n) is 5.13. The van der Waals surface area contributed by atoms with Crippen LogP contribution >= 0.6 is 23.1 Å². The Morgan fingerprint density at radius 3 is 2.97 bits per heavy atom. The van der Waals surface area contributed by atoms with E-state index in [0.717, 1.165) is 41.3 Å². The van der Waals surface area contributed by atoms with E-state index in [9.17, 15) is 14.4 Å². The molecule has 1 saturated heterocycles. The number of thiophene rings is 1. The van der Waals surface area contributed by atoms with Crippen molar-refractivity contribution in [1.29, 1.82) is 0 Å². The number of hydrogen-bond donors (Lipinski definition) is 2. The summed E-state index contributed by atoms with van der Waals surface area (Å²) in [4.78, 5) is 41.4. The van der Waals surface area contributed by atoms with E-state index < -0.39 is 5.91 Å². The summed E-state index contributed by atoms with van der Waals surface area (Å²) in [6.45, 7) is 1.61. The Kier molecular flexibility index (Phi) is 6.89. The van der Waals surface area contributed by atoms with E-state index >= 15 is 0 Å². The highest BCUT2D eigenvalue weighted by molar-refractivity contribution is 7.99. The first-order chi connectivity index (χ1) is 15.0. The number of hydrogen-bond acceptors (Lipinski definition) is 7. The molecule has 3 aromatic rings. The van der Waals surface area contributed by atoms with Gasteiger partial charge in [0.05, 0.1) is 17.4 Å². The van der Waals surface area contributed by atoms with Gasteiger partial charge >= 0.3 is 0 Å². The largest absolute Gasteiger partial charge is 0.376 e. The summed E-state index contributed by atoms with van der Waals surface area (Å²) in [7, 11) is 0. The minimum Gasteiger partial charge on any atom is -0.376 e. The van der Waals surface area contributed by atoms with Crippen molar-refractivity contribution in [2.24, 2.45) is 5.73 Å². The van der Waals surface area contributed by atoms with Crippen LogP contribution in [0.3, 0.4) is 0 Å². The molecule has 1 aliphatic heterocycles. The van der Waals surface area contributed by atoms with Crippen molar-refractivity contribution in [2.45, 2.75) is 43.5 Å². The maximum Gasteiger partial charge on any atom is 0.272 e. The molecule has 0 saturated carbocycles. The number of carbonyl (C=O) groups is 2. The highest BCUT2D eigenvalue weighted by atomic mass is 32.2. The number of aromatic nitrogens is 2. The number of primary amides is 1. The highest BCUT2D eigenvalue weighted by Crippen LogP contribution is 2.31. The molecule has 0 radical (unpaired) electrons. The number of nitrogens with one attached hydrogen (secondary N) is 1. The predicted molar refractivity (Wildman–Crippen MR) is 123 cm³/mol. The number of carbonyl (C=O) groups excluding carboxylic acids is 2. The normalized spacial score (nSPS) is 16.2. The lowest BCUT2D eigenvalue weighted by molar-refractivity contribution is -0.121. The van der Waals surface area contributed by atoms with E-state index in [2.05, 4.69) is 5.32 Å². The first-order valence-corrected chi connectivity index (χ1v) is 12.0. The van der Waals surface area contributed by atoms with Crippen LogP contribution in [0.2, 0.25) is 0 Å². The maximum absolute atomic E-state index is 13.2. The van der Waals surface area contributed by atoms with Crippen molar-refractivity contribution in [1.82, 2.24) is 14.9 Å². The molecule has 0 unspecified atom stereocenters. The second kappa shape index (κ2) is 9.80. The van der Waals surface area contributed by atoms with E-state index in [1.165, 1.54) is 11.3 Å². The molecule has 1 aliphatic rings. The van der Waals surface area contributed by atoms with Crippen molar-refractivity contribution in [2.75, 3.05) is 18.9 Å². The summed E-state index contributed by atoms with van der Waals surface area (Å²) >= 11 is 2.55. The molecule has 0 spiro atoms. The van der Waals surface area contributed by atoms with Crippen molar-refractivity contribution < 1.29 is 14.3 Å². The molecule has 3 N–H and O–H groups in total. The summed E-state index contributed by atoms with van der Waals surface area (Å²) in [5.41, 5.74) is 5.79. The number of amides is 2. The molecule has 2 aromatic heterocycles. The number of fused-ring (bicyclic) bond motifs is 3. The van der Waals surface area contributed by atoms with Gasteiger partial charge in [0, 0.05) is 36.2 Å². The first-order valence-electron chi connectivity index (χ1n) is 10.2. The van der Waals surface area contributed by atoms with Crippen molar-refractivity contribution in [3.63, 3.8) is 0 Å². The molecule has 10 heteroatoms. The third-order valence-corrected chi connectivity index (χ3v) is 7.27. The molecule has 8 nitrogen and oxygen atoms in total. The molecule has 1 atom stereocenters. The molecule has 2 amide bonds. The van der Waals surface area contributed by atoms with Gasteiger partial charge in [-0.05, 0) is 25.3 Å². The fourth-order valence-electron chi connectivity index (χ4n) is 3.62. The fourth-order valence-corrected chi connectivity index (χ4v) is 5.46. The monoisotopic (exact) mass is 460 g/mol. The zero-order chi connectivity index (χ0) is 21.8. The van der Waals surface area contributed by atoms with Gasteiger partial charge in [-0.15, -0.1) is 11.3 Å². The Labute approximate surface area is 187 Å². The standard InChI is InChI=1S/C21H24N4O4S2/c22-16(26)12-30-21-24-18-14-6-1-2-7-15(14)31-19(18)20(28)25(21)9-3-8-17(27)23-11-13-5-4-10-29-13/h1-2,6-7,13H,3-5,8-12H2,(H2,22,26)(H,23,27)/t13-/m1/s1. The Morgan fingerprint density at radius 2 is 2.19 bits per heavy atom. The van der Waals surface area contributed by atoms with Crippen LogP contribution in [0.4, 0.5) is 0 Å². The van der Waals surface area contributed by atoms with Crippen LogP contribution < -0.4 is 16.6 Å².